The summed E-state index contributed by atoms with van der Waals surface area (Å²) >= 11 is 2.09. The Labute approximate surface area is 72.8 Å². The first-order chi connectivity index (χ1) is 5.13. The van der Waals surface area contributed by atoms with Gasteiger partial charge in [-0.1, -0.05) is 13.5 Å². The summed E-state index contributed by atoms with van der Waals surface area (Å²) in [7, 11) is 2.18. The smallest absolute Gasteiger partial charge is 0.0439 e. The van der Waals surface area contributed by atoms with Crippen molar-refractivity contribution >= 4 is 11.8 Å². The molecule has 0 amide bonds. The minimum atomic E-state index is 0.538. The highest BCUT2D eigenvalue weighted by atomic mass is 32.2. The van der Waals surface area contributed by atoms with Gasteiger partial charge in [0.05, 0.1) is 0 Å². The molecule has 0 aromatic rings. The van der Waals surface area contributed by atoms with Crippen molar-refractivity contribution < 1.29 is 0 Å². The van der Waals surface area contributed by atoms with E-state index in [4.69, 9.17) is 0 Å². The lowest BCUT2D eigenvalue weighted by molar-refractivity contribution is 0.264. The molecule has 2 aliphatic heterocycles. The molecule has 0 saturated carbocycles. The van der Waals surface area contributed by atoms with Gasteiger partial charge >= 0.3 is 0 Å². The maximum Gasteiger partial charge on any atom is 0.0439 e. The lowest BCUT2D eigenvalue weighted by atomic mass is 9.85. The Morgan fingerprint density at radius 3 is 3.09 bits per heavy atom. The van der Waals surface area contributed by atoms with Crippen molar-refractivity contribution in [1.82, 2.24) is 4.90 Å². The molecule has 2 atom stereocenters. The van der Waals surface area contributed by atoms with E-state index in [2.05, 4.69) is 37.2 Å². The Kier molecular flexibility index (Phi) is 1.50. The number of hydrogen-bond acceptors (Lipinski definition) is 2. The molecule has 1 nitrogen and oxygen atoms in total. The van der Waals surface area contributed by atoms with Gasteiger partial charge in [-0.2, -0.15) is 11.8 Å². The molecule has 2 aliphatic rings. The molecule has 0 bridgehead atoms. The molecule has 0 N–H and O–H groups in total. The van der Waals surface area contributed by atoms with Crippen LogP contribution in [0.15, 0.2) is 12.3 Å². The molecule has 2 fully saturated rings. The molecule has 0 aromatic heterocycles. The lowest BCUT2D eigenvalue weighted by Gasteiger charge is -2.25. The molecular weight excluding hydrogens is 154 g/mol. The fraction of sp³-hybridized carbons (Fsp3) is 0.778. The average molecular weight is 169 g/mol. The van der Waals surface area contributed by atoms with Crippen LogP contribution in [0.3, 0.4) is 0 Å². The Morgan fingerprint density at radius 1 is 1.73 bits per heavy atom. The Morgan fingerprint density at radius 2 is 2.45 bits per heavy atom. The van der Waals surface area contributed by atoms with Crippen LogP contribution in [0.5, 0.6) is 0 Å². The molecule has 62 valence electrons. The van der Waals surface area contributed by atoms with Gasteiger partial charge in [-0.05, 0) is 6.42 Å². The standard InChI is InChI=1S/C9H15NS/c1-7-4-9(2)6-11-5-8(9)10(7)3/h8H,1,4-6H2,2-3H3. The summed E-state index contributed by atoms with van der Waals surface area (Å²) in [5.74, 6) is 2.62. The van der Waals surface area contributed by atoms with E-state index in [9.17, 15) is 0 Å². The van der Waals surface area contributed by atoms with Gasteiger partial charge in [-0.25, -0.2) is 0 Å². The zero-order chi connectivity index (χ0) is 8.06. The quantitative estimate of drug-likeness (QED) is 0.545. The third kappa shape index (κ3) is 0.919. The van der Waals surface area contributed by atoms with Crippen molar-refractivity contribution in [3.05, 3.63) is 12.3 Å². The van der Waals surface area contributed by atoms with Crippen LogP contribution >= 0.6 is 11.8 Å². The zero-order valence-corrected chi connectivity index (χ0v) is 8.08. The van der Waals surface area contributed by atoms with E-state index in [0.29, 0.717) is 5.41 Å². The monoisotopic (exact) mass is 169 g/mol. The molecule has 2 heterocycles. The summed E-state index contributed by atoms with van der Waals surface area (Å²) in [4.78, 5) is 2.38. The van der Waals surface area contributed by atoms with Gasteiger partial charge in [0.25, 0.3) is 0 Å². The van der Waals surface area contributed by atoms with Crippen LogP contribution in [0.25, 0.3) is 0 Å². The second-order valence-electron chi connectivity index (χ2n) is 4.04. The van der Waals surface area contributed by atoms with Crippen LogP contribution in [0.4, 0.5) is 0 Å². The number of thioether (sulfide) groups is 1. The molecule has 0 aliphatic carbocycles. The predicted molar refractivity (Wildman–Crippen MR) is 50.7 cm³/mol. The van der Waals surface area contributed by atoms with E-state index in [0.717, 1.165) is 6.04 Å². The number of hydrogen-bond donors (Lipinski definition) is 0. The van der Waals surface area contributed by atoms with Gasteiger partial charge in [0.15, 0.2) is 0 Å². The first-order valence-corrected chi connectivity index (χ1v) is 5.27. The third-order valence-corrected chi connectivity index (χ3v) is 4.50. The molecular formula is C9H15NS. The van der Waals surface area contributed by atoms with Crippen LogP contribution < -0.4 is 0 Å². The fourth-order valence-corrected chi connectivity index (χ4v) is 3.99. The molecule has 2 saturated heterocycles. The lowest BCUT2D eigenvalue weighted by Crippen LogP contribution is -2.33. The van der Waals surface area contributed by atoms with Crippen molar-refractivity contribution in [3.8, 4) is 0 Å². The number of allylic oxidation sites excluding steroid dienone is 1. The van der Waals surface area contributed by atoms with E-state index in [1.807, 2.05) is 0 Å². The largest absolute Gasteiger partial charge is 0.374 e. The minimum absolute atomic E-state index is 0.538. The van der Waals surface area contributed by atoms with E-state index in [1.54, 1.807) is 0 Å². The number of rotatable bonds is 0. The Bertz CT molecular complexity index is 202. The van der Waals surface area contributed by atoms with Crippen LogP contribution in [-0.4, -0.2) is 29.5 Å². The van der Waals surface area contributed by atoms with Crippen molar-refractivity contribution in [3.63, 3.8) is 0 Å². The van der Waals surface area contributed by atoms with Crippen LogP contribution in [0.2, 0.25) is 0 Å². The van der Waals surface area contributed by atoms with Gasteiger partial charge < -0.3 is 4.90 Å². The highest BCUT2D eigenvalue weighted by molar-refractivity contribution is 7.99. The summed E-state index contributed by atoms with van der Waals surface area (Å²) in [5, 5.41) is 0. The third-order valence-electron chi connectivity index (χ3n) is 3.09. The molecule has 0 spiro atoms. The van der Waals surface area contributed by atoms with Crippen molar-refractivity contribution in [2.75, 3.05) is 18.6 Å². The van der Waals surface area contributed by atoms with Gasteiger partial charge in [0.1, 0.15) is 0 Å². The minimum Gasteiger partial charge on any atom is -0.374 e. The van der Waals surface area contributed by atoms with Gasteiger partial charge in [0, 0.05) is 35.7 Å². The normalized spacial score (nSPS) is 43.3. The zero-order valence-electron chi connectivity index (χ0n) is 7.26. The molecule has 0 radical (unpaired) electrons. The van der Waals surface area contributed by atoms with E-state index >= 15 is 0 Å². The SMILES string of the molecule is C=C1CC2(C)CSCC2N1C. The molecule has 2 heteroatoms. The highest BCUT2D eigenvalue weighted by Crippen LogP contribution is 2.49. The topological polar surface area (TPSA) is 3.24 Å². The van der Waals surface area contributed by atoms with Gasteiger partial charge in [0.2, 0.25) is 0 Å². The fourth-order valence-electron chi connectivity index (χ4n) is 2.26. The summed E-state index contributed by atoms with van der Waals surface area (Å²) in [6.45, 7) is 6.47. The molecule has 11 heavy (non-hydrogen) atoms. The number of fused-ring (bicyclic) bond motifs is 1. The van der Waals surface area contributed by atoms with Gasteiger partial charge in [-0.3, -0.25) is 0 Å². The first kappa shape index (κ1) is 7.53. The number of likely N-dealkylation sites (tertiary alicyclic amines) is 1. The van der Waals surface area contributed by atoms with E-state index < -0.39 is 0 Å². The van der Waals surface area contributed by atoms with Crippen LogP contribution in [-0.2, 0) is 0 Å². The molecule has 2 rings (SSSR count). The first-order valence-electron chi connectivity index (χ1n) is 4.12. The second-order valence-corrected chi connectivity index (χ2v) is 5.07. The van der Waals surface area contributed by atoms with Crippen LogP contribution in [0.1, 0.15) is 13.3 Å². The van der Waals surface area contributed by atoms with Crippen LogP contribution in [0, 0.1) is 5.41 Å². The van der Waals surface area contributed by atoms with Crippen molar-refractivity contribution in [2.24, 2.45) is 5.41 Å². The number of nitrogens with zero attached hydrogens (tertiary/aromatic N) is 1. The molecule has 0 aromatic carbocycles. The maximum atomic E-state index is 4.08. The predicted octanol–water partition coefficient (Wildman–Crippen LogP) is 1.96. The summed E-state index contributed by atoms with van der Waals surface area (Å²) < 4.78 is 0. The van der Waals surface area contributed by atoms with E-state index in [-0.39, 0.29) is 0 Å². The molecule has 2 unspecified atom stereocenters. The Hall–Kier alpha value is -0.110. The van der Waals surface area contributed by atoms with E-state index in [1.165, 1.54) is 23.6 Å². The summed E-state index contributed by atoms with van der Waals surface area (Å²) in [6.07, 6.45) is 1.21. The highest BCUT2D eigenvalue weighted by Gasteiger charge is 2.47. The summed E-state index contributed by atoms with van der Waals surface area (Å²) in [6, 6.07) is 0.764. The average Bonchev–Trinajstić information content (AvgIpc) is 2.36. The van der Waals surface area contributed by atoms with Gasteiger partial charge in [-0.15, -0.1) is 0 Å². The Balaban J connectivity index is 2.28. The second kappa shape index (κ2) is 2.19. The van der Waals surface area contributed by atoms with Crippen molar-refractivity contribution in [1.29, 1.82) is 0 Å². The maximum absolute atomic E-state index is 4.08. The summed E-state index contributed by atoms with van der Waals surface area (Å²) in [5.41, 5.74) is 1.87. The van der Waals surface area contributed by atoms with Crippen molar-refractivity contribution in [2.45, 2.75) is 19.4 Å².